The standard InChI is InChI=1S/C24H22N2O2S/c1-15-12-19-20(13-16(15)2)24(28)26(3)22(21(19)17-8-5-4-6-9-17)23(27)25-14-18-10-7-11-29-18/h4-13H,14H2,1-3H3,(H,25,27). The van der Waals surface area contributed by atoms with Gasteiger partial charge in [-0.3, -0.25) is 9.59 Å². The molecule has 0 fully saturated rings. The summed E-state index contributed by atoms with van der Waals surface area (Å²) in [5.74, 6) is -0.253. The first-order valence-corrected chi connectivity index (χ1v) is 10.3. The lowest BCUT2D eigenvalue weighted by Gasteiger charge is -2.18. The van der Waals surface area contributed by atoms with E-state index in [1.54, 1.807) is 18.4 Å². The Bertz CT molecular complexity index is 1260. The molecule has 2 heterocycles. The summed E-state index contributed by atoms with van der Waals surface area (Å²) in [7, 11) is 1.67. The Kier molecular flexibility index (Phi) is 5.07. The zero-order chi connectivity index (χ0) is 20.5. The van der Waals surface area contributed by atoms with Gasteiger partial charge in [0, 0.05) is 22.9 Å². The number of nitrogens with one attached hydrogen (secondary N) is 1. The number of amides is 1. The molecular weight excluding hydrogens is 380 g/mol. The second-order valence-electron chi connectivity index (χ2n) is 7.20. The van der Waals surface area contributed by atoms with Gasteiger partial charge < -0.3 is 9.88 Å². The predicted molar refractivity (Wildman–Crippen MR) is 120 cm³/mol. The number of hydrogen-bond acceptors (Lipinski definition) is 3. The van der Waals surface area contributed by atoms with E-state index in [-0.39, 0.29) is 11.5 Å². The number of carbonyl (C=O) groups is 1. The maximum absolute atomic E-state index is 13.2. The molecule has 0 bridgehead atoms. The van der Waals surface area contributed by atoms with Crippen molar-refractivity contribution in [2.45, 2.75) is 20.4 Å². The molecule has 0 atom stereocenters. The zero-order valence-electron chi connectivity index (χ0n) is 16.7. The van der Waals surface area contributed by atoms with Gasteiger partial charge in [0.05, 0.1) is 6.54 Å². The van der Waals surface area contributed by atoms with Gasteiger partial charge in [0.2, 0.25) is 0 Å². The van der Waals surface area contributed by atoms with Crippen LogP contribution in [-0.4, -0.2) is 10.5 Å². The number of pyridine rings is 1. The number of hydrogen-bond donors (Lipinski definition) is 1. The highest BCUT2D eigenvalue weighted by atomic mass is 32.1. The van der Waals surface area contributed by atoms with Gasteiger partial charge in [0.25, 0.3) is 11.5 Å². The van der Waals surface area contributed by atoms with Gasteiger partial charge in [0.15, 0.2) is 0 Å². The highest BCUT2D eigenvalue weighted by Crippen LogP contribution is 2.32. The second kappa shape index (κ2) is 7.68. The lowest BCUT2D eigenvalue weighted by molar-refractivity contribution is 0.0943. The fraction of sp³-hybridized carbons (Fsp3) is 0.167. The van der Waals surface area contributed by atoms with Gasteiger partial charge in [-0.05, 0) is 53.4 Å². The lowest BCUT2D eigenvalue weighted by atomic mass is 9.93. The summed E-state index contributed by atoms with van der Waals surface area (Å²) in [6.07, 6.45) is 0. The first-order chi connectivity index (χ1) is 14.0. The van der Waals surface area contributed by atoms with Crippen molar-refractivity contribution in [2.75, 3.05) is 0 Å². The normalized spacial score (nSPS) is 11.0. The first-order valence-electron chi connectivity index (χ1n) is 9.47. The molecule has 0 saturated heterocycles. The number of carbonyl (C=O) groups excluding carboxylic acids is 1. The Morgan fingerprint density at radius 1 is 1.00 bits per heavy atom. The van der Waals surface area contributed by atoms with Crippen LogP contribution in [0.3, 0.4) is 0 Å². The van der Waals surface area contributed by atoms with Crippen molar-refractivity contribution in [3.63, 3.8) is 0 Å². The molecule has 2 aromatic carbocycles. The highest BCUT2D eigenvalue weighted by Gasteiger charge is 2.22. The third-order valence-corrected chi connectivity index (χ3v) is 6.17. The predicted octanol–water partition coefficient (Wildman–Crippen LogP) is 4.81. The molecular formula is C24H22N2O2S. The molecule has 146 valence electrons. The van der Waals surface area contributed by atoms with E-state index in [0.29, 0.717) is 17.6 Å². The van der Waals surface area contributed by atoms with Crippen LogP contribution >= 0.6 is 11.3 Å². The maximum atomic E-state index is 13.2. The molecule has 0 spiro atoms. The molecule has 1 amide bonds. The average Bonchev–Trinajstić information content (AvgIpc) is 3.24. The van der Waals surface area contributed by atoms with E-state index in [4.69, 9.17) is 0 Å². The fourth-order valence-electron chi connectivity index (χ4n) is 3.60. The summed E-state index contributed by atoms with van der Waals surface area (Å²) in [4.78, 5) is 27.4. The van der Waals surface area contributed by atoms with Gasteiger partial charge in [0.1, 0.15) is 5.69 Å². The number of nitrogens with zero attached hydrogens (tertiary/aromatic N) is 1. The van der Waals surface area contributed by atoms with E-state index in [9.17, 15) is 9.59 Å². The van der Waals surface area contributed by atoms with Crippen LogP contribution in [0.2, 0.25) is 0 Å². The quantitative estimate of drug-likeness (QED) is 0.532. The third kappa shape index (κ3) is 3.49. The van der Waals surface area contributed by atoms with E-state index >= 15 is 0 Å². The van der Waals surface area contributed by atoms with Crippen LogP contribution in [0.15, 0.2) is 64.8 Å². The summed E-state index contributed by atoms with van der Waals surface area (Å²) >= 11 is 1.59. The fourth-order valence-corrected chi connectivity index (χ4v) is 4.25. The molecule has 1 N–H and O–H groups in total. The molecule has 4 aromatic rings. The highest BCUT2D eigenvalue weighted by molar-refractivity contribution is 7.09. The average molecular weight is 403 g/mol. The van der Waals surface area contributed by atoms with Crippen LogP contribution in [0, 0.1) is 13.8 Å². The van der Waals surface area contributed by atoms with Crippen molar-refractivity contribution in [3.8, 4) is 11.1 Å². The molecule has 0 radical (unpaired) electrons. The van der Waals surface area contributed by atoms with Crippen molar-refractivity contribution in [3.05, 3.63) is 92.0 Å². The van der Waals surface area contributed by atoms with Gasteiger partial charge >= 0.3 is 0 Å². The van der Waals surface area contributed by atoms with E-state index in [0.717, 1.165) is 32.5 Å². The number of fused-ring (bicyclic) bond motifs is 1. The van der Waals surface area contributed by atoms with Gasteiger partial charge in [-0.2, -0.15) is 0 Å². The van der Waals surface area contributed by atoms with Crippen molar-refractivity contribution < 1.29 is 4.79 Å². The molecule has 4 rings (SSSR count). The van der Waals surface area contributed by atoms with Gasteiger partial charge in [-0.15, -0.1) is 11.3 Å². The second-order valence-corrected chi connectivity index (χ2v) is 8.23. The van der Waals surface area contributed by atoms with Crippen LogP contribution < -0.4 is 10.9 Å². The summed E-state index contributed by atoms with van der Waals surface area (Å²) in [5.41, 5.74) is 4.07. The molecule has 2 aromatic heterocycles. The smallest absolute Gasteiger partial charge is 0.268 e. The third-order valence-electron chi connectivity index (χ3n) is 5.29. The summed E-state index contributed by atoms with van der Waals surface area (Å²) < 4.78 is 1.48. The maximum Gasteiger partial charge on any atom is 0.268 e. The number of aromatic nitrogens is 1. The Balaban J connectivity index is 1.97. The number of rotatable bonds is 4. The topological polar surface area (TPSA) is 51.1 Å². The number of aryl methyl sites for hydroxylation is 2. The summed E-state index contributed by atoms with van der Waals surface area (Å²) in [6, 6.07) is 17.7. The van der Waals surface area contributed by atoms with Gasteiger partial charge in [-0.1, -0.05) is 42.5 Å². The first kappa shape index (κ1) is 19.2. The van der Waals surface area contributed by atoms with E-state index < -0.39 is 0 Å². The van der Waals surface area contributed by atoms with Crippen molar-refractivity contribution in [1.29, 1.82) is 0 Å². The summed E-state index contributed by atoms with van der Waals surface area (Å²) in [6.45, 7) is 4.46. The summed E-state index contributed by atoms with van der Waals surface area (Å²) in [5, 5.41) is 6.40. The SMILES string of the molecule is Cc1cc2c(-c3ccccc3)c(C(=O)NCc3cccs3)n(C)c(=O)c2cc1C. The van der Waals surface area contributed by atoms with Crippen LogP contribution in [0.1, 0.15) is 26.5 Å². The van der Waals surface area contributed by atoms with Crippen molar-refractivity contribution in [2.24, 2.45) is 7.05 Å². The minimum atomic E-state index is -0.253. The Morgan fingerprint density at radius 2 is 1.69 bits per heavy atom. The molecule has 29 heavy (non-hydrogen) atoms. The molecule has 0 aliphatic heterocycles. The minimum Gasteiger partial charge on any atom is -0.346 e. The van der Waals surface area contributed by atoms with Crippen LogP contribution in [0.5, 0.6) is 0 Å². The number of thiophene rings is 1. The molecule has 5 heteroatoms. The largest absolute Gasteiger partial charge is 0.346 e. The van der Waals surface area contributed by atoms with Gasteiger partial charge in [-0.25, -0.2) is 0 Å². The lowest BCUT2D eigenvalue weighted by Crippen LogP contribution is -2.31. The zero-order valence-corrected chi connectivity index (χ0v) is 17.5. The Morgan fingerprint density at radius 3 is 2.34 bits per heavy atom. The Hall–Kier alpha value is -3.18. The van der Waals surface area contributed by atoms with Crippen LogP contribution in [0.25, 0.3) is 21.9 Å². The molecule has 0 aliphatic rings. The molecule has 0 saturated carbocycles. The molecule has 4 nitrogen and oxygen atoms in total. The monoisotopic (exact) mass is 402 g/mol. The van der Waals surface area contributed by atoms with Crippen molar-refractivity contribution in [1.82, 2.24) is 9.88 Å². The van der Waals surface area contributed by atoms with Crippen molar-refractivity contribution >= 4 is 28.0 Å². The van der Waals surface area contributed by atoms with E-state index in [1.165, 1.54) is 4.57 Å². The van der Waals surface area contributed by atoms with Crippen LogP contribution in [-0.2, 0) is 13.6 Å². The molecule has 0 unspecified atom stereocenters. The van der Waals surface area contributed by atoms with Crippen LogP contribution in [0.4, 0.5) is 0 Å². The van der Waals surface area contributed by atoms with E-state index in [1.807, 2.05) is 73.8 Å². The van der Waals surface area contributed by atoms with E-state index in [2.05, 4.69) is 5.32 Å². The number of benzene rings is 2. The molecule has 0 aliphatic carbocycles. The minimum absolute atomic E-state index is 0.163. The Labute approximate surface area is 173 Å².